The van der Waals surface area contributed by atoms with Gasteiger partial charge in [-0.3, -0.25) is 4.79 Å². The van der Waals surface area contributed by atoms with Crippen LogP contribution in [-0.2, 0) is 24.1 Å². The Bertz CT molecular complexity index is 854. The van der Waals surface area contributed by atoms with Gasteiger partial charge in [0.15, 0.2) is 0 Å². The molecule has 1 aliphatic carbocycles. The van der Waals surface area contributed by atoms with Gasteiger partial charge in [0.1, 0.15) is 12.4 Å². The van der Waals surface area contributed by atoms with Crippen LogP contribution in [0.5, 0.6) is 0 Å². The molecule has 1 N–H and O–H groups in total. The first kappa shape index (κ1) is 17.1. The van der Waals surface area contributed by atoms with Crippen LogP contribution in [-0.4, -0.2) is 25.7 Å². The molecule has 1 aromatic carbocycles. The standard InChI is InChI=1S/C14H13F4N5O2/c15-9-2-1-8(11(5-9)14(16,17)18)6-19-12(24)7-22-13(25)23(21-20-22)10-3-4-10/h1-2,5,10H,3-4,6-7H2,(H,19,24). The van der Waals surface area contributed by atoms with Crippen LogP contribution in [0.15, 0.2) is 23.0 Å². The van der Waals surface area contributed by atoms with Crippen molar-refractivity contribution in [3.05, 3.63) is 45.6 Å². The highest BCUT2D eigenvalue weighted by atomic mass is 19.4. The summed E-state index contributed by atoms with van der Waals surface area (Å²) in [6.07, 6.45) is -3.11. The number of carbonyl (C=O) groups is 1. The average Bonchev–Trinajstić information content (AvgIpc) is 3.31. The number of nitrogens with zero attached hydrogens (tertiary/aromatic N) is 4. The van der Waals surface area contributed by atoms with Crippen LogP contribution >= 0.6 is 0 Å². The van der Waals surface area contributed by atoms with Crippen molar-refractivity contribution in [2.24, 2.45) is 0 Å². The number of carbonyl (C=O) groups excluding carboxylic acids is 1. The first-order valence-corrected chi connectivity index (χ1v) is 7.40. The van der Waals surface area contributed by atoms with Crippen molar-refractivity contribution < 1.29 is 22.4 Å². The van der Waals surface area contributed by atoms with E-state index in [4.69, 9.17) is 0 Å². The summed E-state index contributed by atoms with van der Waals surface area (Å²) < 4.78 is 53.7. The van der Waals surface area contributed by atoms with Gasteiger partial charge in [-0.25, -0.2) is 9.18 Å². The van der Waals surface area contributed by atoms with Crippen LogP contribution < -0.4 is 11.0 Å². The number of amides is 1. The lowest BCUT2D eigenvalue weighted by atomic mass is 10.1. The summed E-state index contributed by atoms with van der Waals surface area (Å²) in [6, 6.07) is 2.20. The maximum atomic E-state index is 13.0. The number of aromatic nitrogens is 4. The van der Waals surface area contributed by atoms with Crippen LogP contribution in [0.4, 0.5) is 17.6 Å². The Labute approximate surface area is 138 Å². The fraction of sp³-hybridized carbons (Fsp3) is 0.429. The Kier molecular flexibility index (Phi) is 4.31. The van der Waals surface area contributed by atoms with E-state index in [1.807, 2.05) is 0 Å². The minimum atomic E-state index is -4.74. The number of halogens is 4. The molecule has 2 aromatic rings. The highest BCUT2D eigenvalue weighted by molar-refractivity contribution is 5.75. The van der Waals surface area contributed by atoms with Crippen molar-refractivity contribution in [2.45, 2.75) is 38.1 Å². The van der Waals surface area contributed by atoms with Gasteiger partial charge in [-0.05, 0) is 41.0 Å². The lowest BCUT2D eigenvalue weighted by molar-refractivity contribution is -0.138. The van der Waals surface area contributed by atoms with E-state index in [2.05, 4.69) is 15.7 Å². The van der Waals surface area contributed by atoms with Crippen molar-refractivity contribution in [2.75, 3.05) is 0 Å². The molecule has 3 rings (SSSR count). The summed E-state index contributed by atoms with van der Waals surface area (Å²) in [5.41, 5.74) is -1.99. The smallest absolute Gasteiger partial charge is 0.350 e. The number of hydrogen-bond acceptors (Lipinski definition) is 4. The highest BCUT2D eigenvalue weighted by Gasteiger charge is 2.33. The van der Waals surface area contributed by atoms with E-state index in [1.54, 1.807) is 0 Å². The highest BCUT2D eigenvalue weighted by Crippen LogP contribution is 2.33. The van der Waals surface area contributed by atoms with Crippen LogP contribution in [0.1, 0.15) is 30.0 Å². The quantitative estimate of drug-likeness (QED) is 0.815. The zero-order valence-electron chi connectivity index (χ0n) is 12.8. The molecular weight excluding hydrogens is 346 g/mol. The summed E-state index contributed by atoms with van der Waals surface area (Å²) in [5, 5.41) is 9.48. The van der Waals surface area contributed by atoms with Crippen LogP contribution in [0.3, 0.4) is 0 Å². The zero-order chi connectivity index (χ0) is 18.2. The van der Waals surface area contributed by atoms with Crippen LogP contribution in [0.2, 0.25) is 0 Å². The Morgan fingerprint density at radius 3 is 2.64 bits per heavy atom. The molecule has 1 aliphatic rings. The molecule has 25 heavy (non-hydrogen) atoms. The van der Waals surface area contributed by atoms with Gasteiger partial charge in [0.25, 0.3) is 0 Å². The number of nitrogens with one attached hydrogen (secondary N) is 1. The van der Waals surface area contributed by atoms with E-state index in [0.29, 0.717) is 6.07 Å². The summed E-state index contributed by atoms with van der Waals surface area (Å²) in [4.78, 5) is 23.8. The Morgan fingerprint density at radius 2 is 2.00 bits per heavy atom. The largest absolute Gasteiger partial charge is 0.416 e. The molecule has 0 atom stereocenters. The molecule has 0 bridgehead atoms. The minimum Gasteiger partial charge on any atom is -0.350 e. The second kappa shape index (κ2) is 6.30. The van der Waals surface area contributed by atoms with Gasteiger partial charge in [-0.1, -0.05) is 6.07 Å². The third kappa shape index (κ3) is 3.86. The summed E-state index contributed by atoms with van der Waals surface area (Å²) >= 11 is 0. The fourth-order valence-corrected chi connectivity index (χ4v) is 2.29. The van der Waals surface area contributed by atoms with E-state index < -0.39 is 42.2 Å². The van der Waals surface area contributed by atoms with Crippen molar-refractivity contribution in [3.63, 3.8) is 0 Å². The van der Waals surface area contributed by atoms with Crippen molar-refractivity contribution in [1.82, 2.24) is 25.1 Å². The summed E-state index contributed by atoms with van der Waals surface area (Å²) in [6.45, 7) is -0.923. The maximum absolute atomic E-state index is 13.0. The van der Waals surface area contributed by atoms with E-state index >= 15 is 0 Å². The van der Waals surface area contributed by atoms with Gasteiger partial charge >= 0.3 is 11.9 Å². The van der Waals surface area contributed by atoms with Crippen molar-refractivity contribution in [3.8, 4) is 0 Å². The van der Waals surface area contributed by atoms with E-state index in [1.165, 1.54) is 4.68 Å². The average molecular weight is 359 g/mol. The van der Waals surface area contributed by atoms with Gasteiger partial charge in [-0.15, -0.1) is 0 Å². The molecule has 0 radical (unpaired) electrons. The van der Waals surface area contributed by atoms with Gasteiger partial charge in [0.05, 0.1) is 11.6 Å². The molecule has 0 aliphatic heterocycles. The number of rotatable bonds is 5. The monoisotopic (exact) mass is 359 g/mol. The SMILES string of the molecule is O=C(Cn1nnn(C2CC2)c1=O)NCc1ccc(F)cc1C(F)(F)F. The molecule has 1 heterocycles. The molecular formula is C14H13F4N5O2. The lowest BCUT2D eigenvalue weighted by Gasteiger charge is -2.13. The van der Waals surface area contributed by atoms with Gasteiger partial charge in [-0.2, -0.15) is 22.5 Å². The fourth-order valence-electron chi connectivity index (χ4n) is 2.29. The summed E-state index contributed by atoms with van der Waals surface area (Å²) in [7, 11) is 0. The van der Waals surface area contributed by atoms with Gasteiger partial charge in [0, 0.05) is 6.54 Å². The molecule has 0 saturated heterocycles. The first-order valence-electron chi connectivity index (χ1n) is 7.40. The Morgan fingerprint density at radius 1 is 1.28 bits per heavy atom. The molecule has 7 nitrogen and oxygen atoms in total. The van der Waals surface area contributed by atoms with Gasteiger partial charge in [0.2, 0.25) is 5.91 Å². The van der Waals surface area contributed by atoms with Crippen molar-refractivity contribution in [1.29, 1.82) is 0 Å². The molecule has 1 amide bonds. The topological polar surface area (TPSA) is 81.8 Å². The van der Waals surface area contributed by atoms with Crippen LogP contribution in [0.25, 0.3) is 0 Å². The van der Waals surface area contributed by atoms with E-state index in [0.717, 1.165) is 29.7 Å². The maximum Gasteiger partial charge on any atom is 0.416 e. The Hall–Kier alpha value is -2.72. The minimum absolute atomic E-state index is 0.00197. The third-order valence-corrected chi connectivity index (χ3v) is 3.70. The number of benzene rings is 1. The Balaban J connectivity index is 1.66. The van der Waals surface area contributed by atoms with Crippen LogP contribution in [0, 0.1) is 5.82 Å². The molecule has 1 fully saturated rings. The molecule has 0 unspecified atom stereocenters. The molecule has 1 aromatic heterocycles. The molecule has 11 heteroatoms. The zero-order valence-corrected chi connectivity index (χ0v) is 12.8. The van der Waals surface area contributed by atoms with Gasteiger partial charge < -0.3 is 5.32 Å². The second-order valence-corrected chi connectivity index (χ2v) is 5.67. The normalized spacial score (nSPS) is 14.6. The number of hydrogen-bond donors (Lipinski definition) is 1. The lowest BCUT2D eigenvalue weighted by Crippen LogP contribution is -2.33. The molecule has 0 spiro atoms. The predicted molar refractivity (Wildman–Crippen MR) is 75.8 cm³/mol. The predicted octanol–water partition coefficient (Wildman–Crippen LogP) is 1.25. The van der Waals surface area contributed by atoms with E-state index in [9.17, 15) is 27.2 Å². The van der Waals surface area contributed by atoms with E-state index in [-0.39, 0.29) is 11.6 Å². The second-order valence-electron chi connectivity index (χ2n) is 5.67. The molecule has 1 saturated carbocycles. The summed E-state index contributed by atoms with van der Waals surface area (Å²) in [5.74, 6) is -1.73. The first-order chi connectivity index (χ1) is 11.8. The number of tetrazole rings is 1. The molecule has 134 valence electrons. The third-order valence-electron chi connectivity index (χ3n) is 3.70. The van der Waals surface area contributed by atoms with Crippen molar-refractivity contribution >= 4 is 5.91 Å². The number of alkyl halides is 3.